The minimum absolute atomic E-state index is 0.0892. The normalized spacial score (nSPS) is 15.6. The number of phenolic OH excluding ortho intramolecular Hbond substituents is 1. The number of carbonyl (C=O) groups excluding carboxylic acids is 1. The molecule has 3 heteroatoms. The fourth-order valence-electron chi connectivity index (χ4n) is 3.13. The quantitative estimate of drug-likeness (QED) is 0.790. The summed E-state index contributed by atoms with van der Waals surface area (Å²) in [6, 6.07) is 6.07. The van der Waals surface area contributed by atoms with Crippen LogP contribution in [-0.4, -0.2) is 23.5 Å². The number of carbonyl (C=O) groups is 1. The Morgan fingerprint density at radius 3 is 2.52 bits per heavy atom. The van der Waals surface area contributed by atoms with Crippen molar-refractivity contribution >= 4 is 11.5 Å². The van der Waals surface area contributed by atoms with Crippen LogP contribution in [0.25, 0.3) is 0 Å². The number of nitrogens with zero attached hydrogens (tertiary/aromatic N) is 1. The summed E-state index contributed by atoms with van der Waals surface area (Å²) in [7, 11) is 0. The number of aromatic hydroxyl groups is 1. The first kappa shape index (κ1) is 15.9. The predicted molar refractivity (Wildman–Crippen MR) is 87.2 cm³/mol. The number of rotatable bonds is 6. The lowest BCUT2D eigenvalue weighted by Gasteiger charge is -2.32. The second kappa shape index (κ2) is 6.97. The van der Waals surface area contributed by atoms with Crippen molar-refractivity contribution in [2.45, 2.75) is 58.9 Å². The van der Waals surface area contributed by atoms with Crippen molar-refractivity contribution in [1.82, 2.24) is 0 Å². The molecule has 116 valence electrons. The third kappa shape index (κ3) is 3.99. The molecular formula is C18H27NO2. The minimum Gasteiger partial charge on any atom is -0.507 e. The third-order valence-electron chi connectivity index (χ3n) is 4.41. The lowest BCUT2D eigenvalue weighted by molar-refractivity contribution is 0.101. The van der Waals surface area contributed by atoms with Crippen LogP contribution in [0.2, 0.25) is 0 Å². The fraction of sp³-hybridized carbons (Fsp3) is 0.611. The van der Waals surface area contributed by atoms with Crippen molar-refractivity contribution < 1.29 is 9.90 Å². The largest absolute Gasteiger partial charge is 0.507 e. The molecule has 0 aliphatic heterocycles. The standard InChI is InChI=1S/C18H27NO2/c1-13(2)10-11-19(15-6-4-5-7-15)16-8-9-17(14(3)20)18(21)12-16/h8-9,12-13,15,21H,4-7,10-11H2,1-3H3. The molecule has 21 heavy (non-hydrogen) atoms. The Balaban J connectivity index is 2.22. The maximum absolute atomic E-state index is 11.4. The summed E-state index contributed by atoms with van der Waals surface area (Å²) in [6.45, 7) is 6.98. The van der Waals surface area contributed by atoms with E-state index in [1.54, 1.807) is 12.1 Å². The molecule has 0 spiro atoms. The van der Waals surface area contributed by atoms with E-state index in [4.69, 9.17) is 0 Å². The molecule has 0 atom stereocenters. The van der Waals surface area contributed by atoms with Crippen LogP contribution in [0.3, 0.4) is 0 Å². The number of hydrogen-bond donors (Lipinski definition) is 1. The summed E-state index contributed by atoms with van der Waals surface area (Å²) in [5.41, 5.74) is 1.46. The van der Waals surface area contributed by atoms with Gasteiger partial charge in [0.15, 0.2) is 5.78 Å². The van der Waals surface area contributed by atoms with Gasteiger partial charge in [-0.15, -0.1) is 0 Å². The molecule has 0 radical (unpaired) electrons. The topological polar surface area (TPSA) is 40.5 Å². The number of phenols is 1. The van der Waals surface area contributed by atoms with Gasteiger partial charge in [-0.3, -0.25) is 4.79 Å². The summed E-state index contributed by atoms with van der Waals surface area (Å²) >= 11 is 0. The van der Waals surface area contributed by atoms with E-state index in [1.807, 2.05) is 6.07 Å². The molecule has 1 aromatic rings. The van der Waals surface area contributed by atoms with Gasteiger partial charge in [0.05, 0.1) is 5.56 Å². The van der Waals surface area contributed by atoms with E-state index in [-0.39, 0.29) is 11.5 Å². The zero-order chi connectivity index (χ0) is 15.4. The van der Waals surface area contributed by atoms with Crippen LogP contribution in [-0.2, 0) is 0 Å². The maximum Gasteiger partial charge on any atom is 0.163 e. The molecular weight excluding hydrogens is 262 g/mol. The molecule has 1 N–H and O–H groups in total. The smallest absolute Gasteiger partial charge is 0.163 e. The molecule has 0 bridgehead atoms. The Kier molecular flexibility index (Phi) is 5.27. The van der Waals surface area contributed by atoms with Crippen LogP contribution in [0.15, 0.2) is 18.2 Å². The molecule has 0 aromatic heterocycles. The van der Waals surface area contributed by atoms with Crippen molar-refractivity contribution in [3.8, 4) is 5.75 Å². The molecule has 1 aliphatic rings. The van der Waals surface area contributed by atoms with Gasteiger partial charge in [0, 0.05) is 24.3 Å². The van der Waals surface area contributed by atoms with Gasteiger partial charge < -0.3 is 10.0 Å². The van der Waals surface area contributed by atoms with Crippen LogP contribution in [0.1, 0.15) is 63.2 Å². The number of benzene rings is 1. The first-order valence-electron chi connectivity index (χ1n) is 8.09. The van der Waals surface area contributed by atoms with E-state index < -0.39 is 0 Å². The zero-order valence-corrected chi connectivity index (χ0v) is 13.4. The molecule has 0 heterocycles. The predicted octanol–water partition coefficient (Wildman–Crippen LogP) is 4.39. The fourth-order valence-corrected chi connectivity index (χ4v) is 3.13. The van der Waals surface area contributed by atoms with E-state index in [9.17, 15) is 9.90 Å². The summed E-state index contributed by atoms with van der Waals surface area (Å²) in [6.07, 6.45) is 6.19. The summed E-state index contributed by atoms with van der Waals surface area (Å²) in [5.74, 6) is 0.681. The second-order valence-corrected chi connectivity index (χ2v) is 6.57. The Morgan fingerprint density at radius 2 is 2.00 bits per heavy atom. The van der Waals surface area contributed by atoms with Gasteiger partial charge in [0.2, 0.25) is 0 Å². The van der Waals surface area contributed by atoms with Crippen LogP contribution in [0, 0.1) is 5.92 Å². The van der Waals surface area contributed by atoms with Crippen LogP contribution in [0.5, 0.6) is 5.75 Å². The van der Waals surface area contributed by atoms with Crippen molar-refractivity contribution in [3.63, 3.8) is 0 Å². The Bertz CT molecular complexity index is 490. The number of Topliss-reactive ketones (excluding diaryl/α,β-unsaturated/α-hetero) is 1. The highest BCUT2D eigenvalue weighted by Gasteiger charge is 2.23. The van der Waals surface area contributed by atoms with E-state index in [2.05, 4.69) is 18.7 Å². The van der Waals surface area contributed by atoms with Crippen molar-refractivity contribution in [2.75, 3.05) is 11.4 Å². The van der Waals surface area contributed by atoms with Gasteiger partial charge in [-0.1, -0.05) is 26.7 Å². The maximum atomic E-state index is 11.4. The summed E-state index contributed by atoms with van der Waals surface area (Å²) in [4.78, 5) is 13.9. The molecule has 1 aromatic carbocycles. The molecule has 1 saturated carbocycles. The van der Waals surface area contributed by atoms with Gasteiger partial charge in [-0.25, -0.2) is 0 Å². The average Bonchev–Trinajstić information content (AvgIpc) is 2.92. The number of hydrogen-bond acceptors (Lipinski definition) is 3. The average molecular weight is 289 g/mol. The lowest BCUT2D eigenvalue weighted by Crippen LogP contribution is -2.34. The summed E-state index contributed by atoms with van der Waals surface area (Å²) in [5, 5.41) is 10.1. The van der Waals surface area contributed by atoms with Crippen LogP contribution >= 0.6 is 0 Å². The van der Waals surface area contributed by atoms with E-state index in [1.165, 1.54) is 32.6 Å². The molecule has 1 fully saturated rings. The number of anilines is 1. The molecule has 0 saturated heterocycles. The van der Waals surface area contributed by atoms with Gasteiger partial charge in [0.25, 0.3) is 0 Å². The van der Waals surface area contributed by atoms with Gasteiger partial charge in [-0.05, 0) is 44.2 Å². The molecule has 0 unspecified atom stereocenters. The van der Waals surface area contributed by atoms with Crippen LogP contribution < -0.4 is 4.90 Å². The van der Waals surface area contributed by atoms with E-state index >= 15 is 0 Å². The Morgan fingerprint density at radius 1 is 1.33 bits per heavy atom. The van der Waals surface area contributed by atoms with Gasteiger partial charge in [0.1, 0.15) is 5.75 Å². The van der Waals surface area contributed by atoms with Crippen molar-refractivity contribution in [3.05, 3.63) is 23.8 Å². The molecule has 2 rings (SSSR count). The van der Waals surface area contributed by atoms with E-state index in [0.29, 0.717) is 17.5 Å². The third-order valence-corrected chi connectivity index (χ3v) is 4.41. The van der Waals surface area contributed by atoms with Crippen LogP contribution in [0.4, 0.5) is 5.69 Å². The molecule has 0 amide bonds. The molecule has 3 nitrogen and oxygen atoms in total. The number of ketones is 1. The van der Waals surface area contributed by atoms with Gasteiger partial charge in [-0.2, -0.15) is 0 Å². The SMILES string of the molecule is CC(=O)c1ccc(N(CCC(C)C)C2CCCC2)cc1O. The first-order valence-corrected chi connectivity index (χ1v) is 8.09. The van der Waals surface area contributed by atoms with E-state index in [0.717, 1.165) is 18.7 Å². The highest BCUT2D eigenvalue weighted by atomic mass is 16.3. The monoisotopic (exact) mass is 289 g/mol. The van der Waals surface area contributed by atoms with Crippen molar-refractivity contribution in [1.29, 1.82) is 0 Å². The molecule has 1 aliphatic carbocycles. The van der Waals surface area contributed by atoms with Gasteiger partial charge >= 0.3 is 0 Å². The first-order chi connectivity index (χ1) is 9.99. The minimum atomic E-state index is -0.0892. The Hall–Kier alpha value is -1.51. The Labute approximate surface area is 128 Å². The highest BCUT2D eigenvalue weighted by molar-refractivity contribution is 5.97. The second-order valence-electron chi connectivity index (χ2n) is 6.57. The lowest BCUT2D eigenvalue weighted by atomic mass is 10.1. The van der Waals surface area contributed by atoms with Crippen molar-refractivity contribution in [2.24, 2.45) is 5.92 Å². The highest BCUT2D eigenvalue weighted by Crippen LogP contribution is 2.32. The zero-order valence-electron chi connectivity index (χ0n) is 13.4. The summed E-state index contributed by atoms with van der Waals surface area (Å²) < 4.78 is 0.